The molecule has 0 aliphatic heterocycles. The molecule has 0 N–H and O–H groups in total. The first-order chi connectivity index (χ1) is 10.4. The maximum Gasteiger partial charge on any atom is 0.210 e. The van der Waals surface area contributed by atoms with Crippen molar-refractivity contribution in [2.75, 3.05) is 0 Å². The predicted octanol–water partition coefficient (Wildman–Crippen LogP) is 6.47. The van der Waals surface area contributed by atoms with Crippen LogP contribution in [0.2, 0.25) is 0 Å². The molecular formula is C15H12F6NP. The van der Waals surface area contributed by atoms with Gasteiger partial charge in [0.25, 0.3) is 0 Å². The van der Waals surface area contributed by atoms with E-state index < -0.39 is 7.81 Å². The average Bonchev–Trinajstić information content (AvgIpc) is 2.44. The van der Waals surface area contributed by atoms with Crippen LogP contribution in [0.4, 0.5) is 25.2 Å². The number of halogens is 6. The number of nitrogens with zero attached hydrogens (tertiary/aromatic N) is 1. The zero-order valence-corrected chi connectivity index (χ0v) is 12.5. The van der Waals surface area contributed by atoms with Crippen LogP contribution in [0.1, 0.15) is 0 Å². The van der Waals surface area contributed by atoms with Gasteiger partial charge in [-0.05, 0) is 17.7 Å². The summed E-state index contributed by atoms with van der Waals surface area (Å²) in [5, 5.41) is 0. The van der Waals surface area contributed by atoms with Crippen molar-refractivity contribution in [1.29, 1.82) is 0 Å². The molecule has 0 amide bonds. The number of fused-ring (bicyclic) bond motifs is 1. The molecule has 0 aliphatic carbocycles. The molecule has 3 aromatic rings. The molecule has 0 radical (unpaired) electrons. The Labute approximate surface area is 128 Å². The van der Waals surface area contributed by atoms with Gasteiger partial charge in [0.05, 0.1) is 0 Å². The molecule has 0 bridgehead atoms. The van der Waals surface area contributed by atoms with Gasteiger partial charge < -0.3 is 0 Å². The van der Waals surface area contributed by atoms with Gasteiger partial charge in [-0.1, -0.05) is 30.3 Å². The Balaban J connectivity index is 0.000000236. The third kappa shape index (κ3) is 7.10. The van der Waals surface area contributed by atoms with Crippen molar-refractivity contribution in [3.8, 4) is 11.1 Å². The Kier molecular flexibility index (Phi) is 3.89. The number of rotatable bonds is 1. The molecule has 23 heavy (non-hydrogen) atoms. The molecule has 0 fully saturated rings. The second-order valence-corrected chi connectivity index (χ2v) is 6.69. The first-order valence-electron chi connectivity index (χ1n) is 6.40. The van der Waals surface area contributed by atoms with Gasteiger partial charge in [0.2, 0.25) is 5.52 Å². The van der Waals surface area contributed by atoms with E-state index in [4.69, 9.17) is 0 Å². The number of benzene rings is 1. The van der Waals surface area contributed by atoms with Gasteiger partial charge in [0.1, 0.15) is 0 Å². The first-order valence-corrected chi connectivity index (χ1v) is 8.43. The fraction of sp³-hybridized carbons (Fsp3) is 0. The Bertz CT molecular complexity index is 804. The van der Waals surface area contributed by atoms with Crippen molar-refractivity contribution in [1.82, 2.24) is 0 Å². The smallest absolute Gasteiger partial charge is 0.167 e. The fourth-order valence-corrected chi connectivity index (χ4v) is 1.90. The summed E-state index contributed by atoms with van der Waals surface area (Å²) in [7, 11) is -10.7. The summed E-state index contributed by atoms with van der Waals surface area (Å²) < 4.78 is 61.3. The molecule has 124 valence electrons. The van der Waals surface area contributed by atoms with Crippen LogP contribution in [0.15, 0.2) is 73.1 Å². The Morgan fingerprint density at radius 2 is 1.17 bits per heavy atom. The summed E-state index contributed by atoms with van der Waals surface area (Å²) in [6.45, 7) is 0. The molecule has 0 unspecified atom stereocenters. The zero-order chi connectivity index (χ0) is 17.2. The molecule has 2 heterocycles. The molecule has 8 heteroatoms. The number of hydrogen-bond acceptors (Lipinski definition) is 0. The molecule has 1 nitrogen and oxygen atoms in total. The SMILES string of the molecule is F[P-](F)(F)(F)(F)F.c1ccc(-c2ccc3cccc[n+]3c2)cc1. The van der Waals surface area contributed by atoms with Crippen LogP contribution >= 0.6 is 7.81 Å². The molecular weight excluding hydrogens is 339 g/mol. The van der Waals surface area contributed by atoms with Crippen molar-refractivity contribution >= 4 is 13.3 Å². The van der Waals surface area contributed by atoms with E-state index in [1.54, 1.807) is 0 Å². The van der Waals surface area contributed by atoms with Crippen molar-refractivity contribution < 1.29 is 29.6 Å². The minimum absolute atomic E-state index is 1.21. The van der Waals surface area contributed by atoms with Crippen LogP contribution in [-0.4, -0.2) is 0 Å². The van der Waals surface area contributed by atoms with Crippen LogP contribution in [0.25, 0.3) is 16.6 Å². The summed E-state index contributed by atoms with van der Waals surface area (Å²) in [6, 6.07) is 20.9. The number of aromatic nitrogens is 1. The first kappa shape index (κ1) is 17.2. The van der Waals surface area contributed by atoms with Crippen molar-refractivity contribution in [2.24, 2.45) is 0 Å². The van der Waals surface area contributed by atoms with E-state index in [-0.39, 0.29) is 0 Å². The summed E-state index contributed by atoms with van der Waals surface area (Å²) in [4.78, 5) is 0. The van der Waals surface area contributed by atoms with E-state index in [0.29, 0.717) is 0 Å². The Morgan fingerprint density at radius 1 is 0.609 bits per heavy atom. The molecule has 2 aromatic heterocycles. The third-order valence-corrected chi connectivity index (χ3v) is 2.74. The van der Waals surface area contributed by atoms with Gasteiger partial charge in [0.15, 0.2) is 12.4 Å². The van der Waals surface area contributed by atoms with Crippen LogP contribution in [-0.2, 0) is 0 Å². The normalized spacial score (nSPS) is 14.3. The van der Waals surface area contributed by atoms with Crippen LogP contribution in [0.5, 0.6) is 0 Å². The van der Waals surface area contributed by atoms with E-state index in [9.17, 15) is 25.2 Å². The average molecular weight is 351 g/mol. The second kappa shape index (κ2) is 5.20. The van der Waals surface area contributed by atoms with Gasteiger partial charge in [-0.3, -0.25) is 0 Å². The molecule has 0 aliphatic rings. The maximum absolute atomic E-state index is 10.7. The zero-order valence-electron chi connectivity index (χ0n) is 11.6. The van der Waals surface area contributed by atoms with E-state index in [1.807, 2.05) is 12.1 Å². The van der Waals surface area contributed by atoms with E-state index in [2.05, 4.69) is 65.3 Å². The Hall–Kier alpha value is -2.14. The quantitative estimate of drug-likeness (QED) is 0.269. The number of pyridine rings is 2. The van der Waals surface area contributed by atoms with E-state index in [0.717, 1.165) is 0 Å². The van der Waals surface area contributed by atoms with Gasteiger partial charge >= 0.3 is 33.0 Å². The molecule has 3 rings (SSSR count). The van der Waals surface area contributed by atoms with Crippen molar-refractivity contribution in [2.45, 2.75) is 0 Å². The Morgan fingerprint density at radius 3 is 1.78 bits per heavy atom. The molecule has 0 saturated heterocycles. The van der Waals surface area contributed by atoms with Crippen molar-refractivity contribution in [3.63, 3.8) is 0 Å². The summed E-state index contributed by atoms with van der Waals surface area (Å²) in [5.41, 5.74) is 3.70. The van der Waals surface area contributed by atoms with Crippen molar-refractivity contribution in [3.05, 3.63) is 73.1 Å². The largest absolute Gasteiger partial charge is 0.210 e. The predicted molar refractivity (Wildman–Crippen MR) is 78.6 cm³/mol. The van der Waals surface area contributed by atoms with Gasteiger partial charge in [-0.25, -0.2) is 0 Å². The number of hydrogen-bond donors (Lipinski definition) is 0. The van der Waals surface area contributed by atoms with Gasteiger partial charge in [-0.2, -0.15) is 4.40 Å². The monoisotopic (exact) mass is 351 g/mol. The third-order valence-electron chi connectivity index (χ3n) is 2.74. The standard InChI is InChI=1S/C15H12N.F6P/c1-2-6-13(7-3-1)14-9-10-15-8-4-5-11-16(15)12-14;1-7(2,3,4,5)6/h1-12H;/q+1;-1. The van der Waals surface area contributed by atoms with E-state index in [1.165, 1.54) is 16.6 Å². The molecule has 0 spiro atoms. The van der Waals surface area contributed by atoms with Crippen LogP contribution < -0.4 is 4.40 Å². The maximum atomic E-state index is 9.87. The fourth-order valence-electron chi connectivity index (χ4n) is 1.90. The summed E-state index contributed by atoms with van der Waals surface area (Å²) in [5.74, 6) is 0. The molecule has 0 saturated carbocycles. The summed E-state index contributed by atoms with van der Waals surface area (Å²) >= 11 is 0. The minimum atomic E-state index is -10.7. The second-order valence-electron chi connectivity index (χ2n) is 4.77. The summed E-state index contributed by atoms with van der Waals surface area (Å²) in [6.07, 6.45) is 4.23. The topological polar surface area (TPSA) is 4.10 Å². The van der Waals surface area contributed by atoms with Crippen LogP contribution in [0, 0.1) is 0 Å². The van der Waals surface area contributed by atoms with Crippen LogP contribution in [0.3, 0.4) is 0 Å². The minimum Gasteiger partial charge on any atom is -0.167 e. The van der Waals surface area contributed by atoms with Gasteiger partial charge in [-0.15, -0.1) is 0 Å². The molecule has 0 atom stereocenters. The van der Waals surface area contributed by atoms with E-state index >= 15 is 0 Å². The molecule has 1 aromatic carbocycles. The van der Waals surface area contributed by atoms with Gasteiger partial charge in [0, 0.05) is 23.8 Å².